The number of halogens is 2. The second-order valence-corrected chi connectivity index (χ2v) is 11.0. The van der Waals surface area contributed by atoms with Crippen molar-refractivity contribution in [2.45, 2.75) is 18.9 Å². The average molecular weight is 576 g/mol. The summed E-state index contributed by atoms with van der Waals surface area (Å²) in [5.74, 6) is 0.00520. The number of amides is 1. The van der Waals surface area contributed by atoms with Gasteiger partial charge in [0.05, 0.1) is 23.1 Å². The number of pyridine rings is 1. The van der Waals surface area contributed by atoms with Gasteiger partial charge in [-0.15, -0.1) is 0 Å². The Morgan fingerprint density at radius 1 is 1.02 bits per heavy atom. The molecule has 1 amide bonds. The molecular formula is C30H31ClFN7O2. The summed E-state index contributed by atoms with van der Waals surface area (Å²) in [4.78, 5) is 24.1. The standard InChI is InChI=1S/C30H31ClFN7O2/c1-37-10-7-22(8-11-37)38-12-14-39(15-13-38)30(40)41-23-3-4-24-27(6-9-33-28(24)18-23)35-21-17-29(36-34-19-21)25-16-20(31)2-5-26(25)32/h2-6,9,16-19,22H,7-8,10-15H2,1H3,(H,33,35,36). The Kier molecular flexibility index (Phi) is 7.95. The van der Waals surface area contributed by atoms with E-state index in [1.165, 1.54) is 31.0 Å². The number of benzene rings is 2. The first kappa shape index (κ1) is 27.3. The van der Waals surface area contributed by atoms with E-state index >= 15 is 0 Å². The number of hydrogen-bond donors (Lipinski definition) is 1. The zero-order valence-electron chi connectivity index (χ0n) is 22.8. The minimum absolute atomic E-state index is 0.267. The van der Waals surface area contributed by atoms with Crippen molar-refractivity contribution in [1.82, 2.24) is 29.9 Å². The van der Waals surface area contributed by atoms with Crippen molar-refractivity contribution in [3.05, 3.63) is 71.8 Å². The molecule has 4 heterocycles. The molecule has 0 spiro atoms. The molecule has 2 aromatic carbocycles. The van der Waals surface area contributed by atoms with Gasteiger partial charge in [-0.1, -0.05) is 11.6 Å². The maximum absolute atomic E-state index is 14.4. The molecule has 0 unspecified atom stereocenters. The van der Waals surface area contributed by atoms with E-state index in [9.17, 15) is 9.18 Å². The summed E-state index contributed by atoms with van der Waals surface area (Å²) in [5.41, 5.74) is 2.67. The lowest BCUT2D eigenvalue weighted by molar-refractivity contribution is 0.0645. The molecule has 0 atom stereocenters. The van der Waals surface area contributed by atoms with Gasteiger partial charge in [-0.2, -0.15) is 10.2 Å². The second kappa shape index (κ2) is 11.9. The number of aromatic nitrogens is 3. The third-order valence-corrected chi connectivity index (χ3v) is 8.07. The van der Waals surface area contributed by atoms with Crippen LogP contribution in [0.25, 0.3) is 22.2 Å². The van der Waals surface area contributed by atoms with Crippen LogP contribution in [0.5, 0.6) is 5.75 Å². The SMILES string of the molecule is CN1CCC(N2CCN(C(=O)Oc3ccc4c(Nc5cnnc(-c6cc(Cl)ccc6F)c5)ccnc4c3)CC2)CC1. The van der Waals surface area contributed by atoms with Crippen molar-refractivity contribution in [2.75, 3.05) is 51.6 Å². The van der Waals surface area contributed by atoms with Crippen LogP contribution in [0.2, 0.25) is 5.02 Å². The molecule has 41 heavy (non-hydrogen) atoms. The Morgan fingerprint density at radius 2 is 1.83 bits per heavy atom. The first-order valence-electron chi connectivity index (χ1n) is 13.8. The minimum Gasteiger partial charge on any atom is -0.410 e. The number of ether oxygens (including phenoxy) is 1. The Balaban J connectivity index is 1.11. The third-order valence-electron chi connectivity index (χ3n) is 7.83. The van der Waals surface area contributed by atoms with Crippen LogP contribution in [0.4, 0.5) is 20.6 Å². The quantitative estimate of drug-likeness (QED) is 0.337. The van der Waals surface area contributed by atoms with Gasteiger partial charge in [0.2, 0.25) is 0 Å². The number of anilines is 2. The fourth-order valence-electron chi connectivity index (χ4n) is 5.51. The molecule has 9 nitrogen and oxygen atoms in total. The summed E-state index contributed by atoms with van der Waals surface area (Å²) in [6, 6.07) is 13.8. The van der Waals surface area contributed by atoms with Crippen LogP contribution in [-0.4, -0.2) is 88.3 Å². The van der Waals surface area contributed by atoms with Gasteiger partial charge >= 0.3 is 6.09 Å². The van der Waals surface area contributed by atoms with E-state index in [4.69, 9.17) is 16.3 Å². The van der Waals surface area contributed by atoms with Crippen molar-refractivity contribution < 1.29 is 13.9 Å². The number of piperidine rings is 1. The lowest BCUT2D eigenvalue weighted by Gasteiger charge is -2.41. The molecular weight excluding hydrogens is 545 g/mol. The maximum Gasteiger partial charge on any atom is 0.415 e. The van der Waals surface area contributed by atoms with Crippen LogP contribution in [0.3, 0.4) is 0 Å². The molecule has 11 heteroatoms. The smallest absolute Gasteiger partial charge is 0.410 e. The fraction of sp³-hybridized carbons (Fsp3) is 0.333. The molecule has 2 saturated heterocycles. The Hall–Kier alpha value is -3.86. The third kappa shape index (κ3) is 6.24. The fourth-order valence-corrected chi connectivity index (χ4v) is 5.68. The van der Waals surface area contributed by atoms with Crippen LogP contribution in [0, 0.1) is 5.82 Å². The predicted molar refractivity (Wildman–Crippen MR) is 157 cm³/mol. The summed E-state index contributed by atoms with van der Waals surface area (Å²) < 4.78 is 20.1. The number of piperazine rings is 1. The number of rotatable bonds is 5. The van der Waals surface area contributed by atoms with E-state index in [-0.39, 0.29) is 11.7 Å². The first-order valence-corrected chi connectivity index (χ1v) is 14.1. The molecule has 2 fully saturated rings. The van der Waals surface area contributed by atoms with Crippen molar-refractivity contribution in [2.24, 2.45) is 0 Å². The van der Waals surface area contributed by atoms with E-state index < -0.39 is 5.82 Å². The first-order chi connectivity index (χ1) is 19.9. The number of carbonyl (C=O) groups excluding carboxylic acids is 1. The average Bonchev–Trinajstić information content (AvgIpc) is 2.99. The van der Waals surface area contributed by atoms with Crippen LogP contribution in [-0.2, 0) is 0 Å². The maximum atomic E-state index is 14.4. The van der Waals surface area contributed by atoms with E-state index in [1.807, 2.05) is 12.1 Å². The zero-order valence-corrected chi connectivity index (χ0v) is 23.5. The summed E-state index contributed by atoms with van der Waals surface area (Å²) in [6.07, 6.45) is 5.25. The van der Waals surface area contributed by atoms with Gasteiger partial charge in [0, 0.05) is 66.1 Å². The van der Waals surface area contributed by atoms with E-state index in [0.29, 0.717) is 46.8 Å². The summed E-state index contributed by atoms with van der Waals surface area (Å²) in [5, 5.41) is 12.6. The molecule has 0 radical (unpaired) electrons. The van der Waals surface area contributed by atoms with E-state index in [0.717, 1.165) is 37.3 Å². The molecule has 0 bridgehead atoms. The van der Waals surface area contributed by atoms with Crippen LogP contribution in [0.1, 0.15) is 12.8 Å². The van der Waals surface area contributed by atoms with Crippen LogP contribution < -0.4 is 10.1 Å². The van der Waals surface area contributed by atoms with Gasteiger partial charge < -0.3 is 19.9 Å². The monoisotopic (exact) mass is 575 g/mol. The molecule has 6 rings (SSSR count). The highest BCUT2D eigenvalue weighted by Gasteiger charge is 2.29. The second-order valence-electron chi connectivity index (χ2n) is 10.5. The lowest BCUT2D eigenvalue weighted by atomic mass is 10.0. The normalized spacial score (nSPS) is 17.1. The molecule has 0 saturated carbocycles. The van der Waals surface area contributed by atoms with Crippen molar-refractivity contribution in [3.8, 4) is 17.0 Å². The van der Waals surface area contributed by atoms with Gasteiger partial charge in [-0.05, 0) is 75.4 Å². The highest BCUT2D eigenvalue weighted by atomic mass is 35.5. The molecule has 2 aliphatic heterocycles. The lowest BCUT2D eigenvalue weighted by Crippen LogP contribution is -2.54. The highest BCUT2D eigenvalue weighted by Crippen LogP contribution is 2.30. The van der Waals surface area contributed by atoms with Gasteiger partial charge in [0.15, 0.2) is 0 Å². The van der Waals surface area contributed by atoms with Crippen LogP contribution in [0.15, 0.2) is 60.9 Å². The highest BCUT2D eigenvalue weighted by molar-refractivity contribution is 6.30. The van der Waals surface area contributed by atoms with Gasteiger partial charge in [0.1, 0.15) is 11.6 Å². The summed E-state index contributed by atoms with van der Waals surface area (Å²) >= 11 is 6.05. The largest absolute Gasteiger partial charge is 0.415 e. The van der Waals surface area contributed by atoms with Gasteiger partial charge in [-0.3, -0.25) is 9.88 Å². The number of fused-ring (bicyclic) bond motifs is 1. The molecule has 0 aliphatic carbocycles. The zero-order chi connectivity index (χ0) is 28.3. The number of carbonyl (C=O) groups is 1. The molecule has 1 N–H and O–H groups in total. The predicted octanol–water partition coefficient (Wildman–Crippen LogP) is 5.44. The van der Waals surface area contributed by atoms with Crippen molar-refractivity contribution in [3.63, 3.8) is 0 Å². The molecule has 4 aromatic rings. The minimum atomic E-state index is -0.434. The van der Waals surface area contributed by atoms with Gasteiger partial charge in [0.25, 0.3) is 0 Å². The summed E-state index contributed by atoms with van der Waals surface area (Å²) in [6.45, 7) is 5.31. The number of nitrogens with zero attached hydrogens (tertiary/aromatic N) is 6. The Morgan fingerprint density at radius 3 is 2.63 bits per heavy atom. The molecule has 212 valence electrons. The van der Waals surface area contributed by atoms with E-state index in [2.05, 4.69) is 37.3 Å². The molecule has 2 aliphatic rings. The van der Waals surface area contributed by atoms with Crippen molar-refractivity contribution in [1.29, 1.82) is 0 Å². The number of nitrogens with one attached hydrogen (secondary N) is 1. The molecule has 2 aromatic heterocycles. The van der Waals surface area contributed by atoms with Gasteiger partial charge in [-0.25, -0.2) is 9.18 Å². The van der Waals surface area contributed by atoms with Crippen molar-refractivity contribution >= 4 is 40.0 Å². The van der Waals surface area contributed by atoms with Crippen LogP contribution >= 0.6 is 11.6 Å². The number of hydrogen-bond acceptors (Lipinski definition) is 8. The van der Waals surface area contributed by atoms with E-state index in [1.54, 1.807) is 35.5 Å². The summed E-state index contributed by atoms with van der Waals surface area (Å²) in [7, 11) is 2.17. The topological polar surface area (TPSA) is 86.7 Å². The Bertz CT molecular complexity index is 1560. The number of likely N-dealkylation sites (tertiary alicyclic amines) is 1. The Labute approximate surface area is 242 Å².